The van der Waals surface area contributed by atoms with E-state index >= 15 is 0 Å². The number of carbonyl (C=O) groups is 2. The van der Waals surface area contributed by atoms with E-state index in [9.17, 15) is 9.59 Å². The summed E-state index contributed by atoms with van der Waals surface area (Å²) in [5, 5.41) is 5.51. The summed E-state index contributed by atoms with van der Waals surface area (Å²) < 4.78 is 0. The monoisotopic (exact) mass is 213 g/mol. The fourth-order valence-electron chi connectivity index (χ4n) is 1.64. The van der Waals surface area contributed by atoms with Crippen molar-refractivity contribution in [2.45, 2.75) is 26.3 Å². The largest absolute Gasteiger partial charge is 0.345 e. The number of nitrogens with zero attached hydrogens (tertiary/aromatic N) is 1. The van der Waals surface area contributed by atoms with Crippen LogP contribution < -0.4 is 10.6 Å². The van der Waals surface area contributed by atoms with Crippen LogP contribution in [0.15, 0.2) is 0 Å². The van der Waals surface area contributed by atoms with E-state index in [2.05, 4.69) is 10.6 Å². The van der Waals surface area contributed by atoms with Crippen LogP contribution in [0.1, 0.15) is 20.3 Å². The first-order valence-corrected chi connectivity index (χ1v) is 5.27. The Balaban J connectivity index is 2.21. The van der Waals surface area contributed by atoms with Crippen LogP contribution in [0, 0.1) is 5.92 Å². The van der Waals surface area contributed by atoms with Gasteiger partial charge in [0.05, 0.1) is 0 Å². The smallest absolute Gasteiger partial charge is 0.314 e. The van der Waals surface area contributed by atoms with Crippen LogP contribution in [0.5, 0.6) is 0 Å². The molecule has 3 amide bonds. The number of hydrogen-bond acceptors (Lipinski definition) is 2. The van der Waals surface area contributed by atoms with Crippen LogP contribution in [0.2, 0.25) is 0 Å². The Bertz CT molecular complexity index is 253. The van der Waals surface area contributed by atoms with Gasteiger partial charge in [-0.25, -0.2) is 4.79 Å². The highest BCUT2D eigenvalue weighted by atomic mass is 16.2. The van der Waals surface area contributed by atoms with Gasteiger partial charge in [0.15, 0.2) is 0 Å². The fraction of sp³-hybridized carbons (Fsp3) is 0.800. The normalized spacial score (nSPS) is 20.9. The highest BCUT2D eigenvalue weighted by Gasteiger charge is 2.26. The van der Waals surface area contributed by atoms with Gasteiger partial charge in [0.2, 0.25) is 5.91 Å². The molecule has 0 aromatic carbocycles. The molecule has 86 valence electrons. The van der Waals surface area contributed by atoms with Gasteiger partial charge in [-0.3, -0.25) is 4.79 Å². The molecule has 1 unspecified atom stereocenters. The van der Waals surface area contributed by atoms with E-state index in [1.165, 1.54) is 0 Å². The molecule has 0 saturated carbocycles. The lowest BCUT2D eigenvalue weighted by molar-refractivity contribution is -0.126. The lowest BCUT2D eigenvalue weighted by Crippen LogP contribution is -2.41. The Labute approximate surface area is 90.2 Å². The summed E-state index contributed by atoms with van der Waals surface area (Å²) in [5.74, 6) is 0.409. The zero-order valence-corrected chi connectivity index (χ0v) is 9.54. The molecule has 1 aliphatic heterocycles. The molecule has 0 radical (unpaired) electrons. The van der Waals surface area contributed by atoms with Crippen molar-refractivity contribution in [2.75, 3.05) is 20.1 Å². The van der Waals surface area contributed by atoms with E-state index in [0.29, 0.717) is 13.0 Å². The van der Waals surface area contributed by atoms with Crippen molar-refractivity contribution in [3.05, 3.63) is 0 Å². The molecule has 1 heterocycles. The summed E-state index contributed by atoms with van der Waals surface area (Å²) in [5.41, 5.74) is 0. The average molecular weight is 213 g/mol. The van der Waals surface area contributed by atoms with E-state index in [1.807, 2.05) is 13.8 Å². The predicted octanol–water partition coefficient (Wildman–Crippen LogP) is 0.172. The first-order valence-electron chi connectivity index (χ1n) is 5.27. The predicted molar refractivity (Wildman–Crippen MR) is 57.4 cm³/mol. The average Bonchev–Trinajstić information content (AvgIpc) is 2.42. The van der Waals surface area contributed by atoms with Crippen molar-refractivity contribution < 1.29 is 9.59 Å². The fourth-order valence-corrected chi connectivity index (χ4v) is 1.64. The Morgan fingerprint density at radius 3 is 2.73 bits per heavy atom. The van der Waals surface area contributed by atoms with Crippen molar-refractivity contribution >= 4 is 11.9 Å². The van der Waals surface area contributed by atoms with E-state index < -0.39 is 0 Å². The molecule has 5 heteroatoms. The number of urea groups is 1. The van der Waals surface area contributed by atoms with E-state index in [4.69, 9.17) is 0 Å². The Morgan fingerprint density at radius 2 is 2.27 bits per heavy atom. The third-order valence-electron chi connectivity index (χ3n) is 2.39. The van der Waals surface area contributed by atoms with Crippen molar-refractivity contribution in [1.29, 1.82) is 0 Å². The molecule has 0 bridgehead atoms. The van der Waals surface area contributed by atoms with Crippen molar-refractivity contribution in [3.63, 3.8) is 0 Å². The third kappa shape index (κ3) is 3.77. The van der Waals surface area contributed by atoms with Crippen molar-refractivity contribution in [3.8, 4) is 0 Å². The zero-order valence-electron chi connectivity index (χ0n) is 9.54. The second kappa shape index (κ2) is 5.00. The Morgan fingerprint density at radius 1 is 1.60 bits per heavy atom. The van der Waals surface area contributed by atoms with Crippen molar-refractivity contribution in [2.24, 2.45) is 5.92 Å². The van der Waals surface area contributed by atoms with Crippen LogP contribution in [-0.4, -0.2) is 43.0 Å². The summed E-state index contributed by atoms with van der Waals surface area (Å²) in [6.07, 6.45) is 0.540. The molecule has 1 atom stereocenters. The summed E-state index contributed by atoms with van der Waals surface area (Å²) in [7, 11) is 1.79. The molecule has 1 rings (SSSR count). The summed E-state index contributed by atoms with van der Waals surface area (Å²) in [6, 6.07) is -0.0233. The van der Waals surface area contributed by atoms with E-state index in [0.717, 1.165) is 6.54 Å². The molecular weight excluding hydrogens is 194 g/mol. The number of amides is 3. The van der Waals surface area contributed by atoms with Gasteiger partial charge in [-0.05, 0) is 13.8 Å². The Hall–Kier alpha value is -1.26. The molecule has 1 fully saturated rings. The van der Waals surface area contributed by atoms with E-state index in [1.54, 1.807) is 11.9 Å². The summed E-state index contributed by atoms with van der Waals surface area (Å²) in [6.45, 7) is 5.12. The van der Waals surface area contributed by atoms with Gasteiger partial charge in [-0.2, -0.15) is 0 Å². The second-order valence-electron chi connectivity index (χ2n) is 4.35. The second-order valence-corrected chi connectivity index (χ2v) is 4.35. The maximum Gasteiger partial charge on any atom is 0.314 e. The summed E-state index contributed by atoms with van der Waals surface area (Å²) >= 11 is 0. The number of nitrogens with one attached hydrogen (secondary N) is 2. The molecule has 0 aromatic heterocycles. The zero-order chi connectivity index (χ0) is 11.4. The molecular formula is C10H19N3O2. The Kier molecular flexibility index (Phi) is 3.94. The minimum absolute atomic E-state index is 0.137. The molecule has 15 heavy (non-hydrogen) atoms. The van der Waals surface area contributed by atoms with Crippen molar-refractivity contribution in [1.82, 2.24) is 15.5 Å². The topological polar surface area (TPSA) is 61.4 Å². The van der Waals surface area contributed by atoms with Gasteiger partial charge < -0.3 is 15.5 Å². The van der Waals surface area contributed by atoms with Crippen LogP contribution in [0.25, 0.3) is 0 Å². The minimum atomic E-state index is -0.160. The molecule has 0 spiro atoms. The number of rotatable bonds is 3. The van der Waals surface area contributed by atoms with Gasteiger partial charge in [0.1, 0.15) is 0 Å². The van der Waals surface area contributed by atoms with E-state index in [-0.39, 0.29) is 23.9 Å². The highest BCUT2D eigenvalue weighted by molar-refractivity contribution is 5.78. The lowest BCUT2D eigenvalue weighted by Gasteiger charge is -2.13. The van der Waals surface area contributed by atoms with Crippen LogP contribution in [-0.2, 0) is 4.79 Å². The maximum atomic E-state index is 11.3. The molecule has 1 saturated heterocycles. The molecule has 0 aromatic rings. The van der Waals surface area contributed by atoms with Crippen LogP contribution >= 0.6 is 0 Å². The van der Waals surface area contributed by atoms with Gasteiger partial charge in [-0.15, -0.1) is 0 Å². The van der Waals surface area contributed by atoms with Gasteiger partial charge >= 0.3 is 6.03 Å². The van der Waals surface area contributed by atoms with Gasteiger partial charge in [0.25, 0.3) is 0 Å². The van der Waals surface area contributed by atoms with Crippen LogP contribution in [0.4, 0.5) is 4.79 Å². The number of carbonyl (C=O) groups excluding carboxylic acids is 2. The quantitative estimate of drug-likeness (QED) is 0.702. The number of hydrogen-bond donors (Lipinski definition) is 2. The molecule has 2 N–H and O–H groups in total. The lowest BCUT2D eigenvalue weighted by atomic mass is 10.1. The first-order chi connectivity index (χ1) is 6.99. The standard InChI is InChI=1S/C10H19N3O2/c1-7(2)12-10(15)11-5-8-4-9(14)13(3)6-8/h7-8H,4-6H2,1-3H3,(H2,11,12,15). The highest BCUT2D eigenvalue weighted by Crippen LogP contribution is 2.14. The summed E-state index contributed by atoms with van der Waals surface area (Å²) in [4.78, 5) is 24.2. The minimum Gasteiger partial charge on any atom is -0.345 e. The van der Waals surface area contributed by atoms with Gasteiger partial charge in [0, 0.05) is 38.5 Å². The molecule has 0 aliphatic carbocycles. The maximum absolute atomic E-state index is 11.3. The third-order valence-corrected chi connectivity index (χ3v) is 2.39. The molecule has 5 nitrogen and oxygen atoms in total. The van der Waals surface area contributed by atoms with Crippen LogP contribution in [0.3, 0.4) is 0 Å². The molecule has 1 aliphatic rings. The van der Waals surface area contributed by atoms with Gasteiger partial charge in [-0.1, -0.05) is 0 Å². The first kappa shape index (κ1) is 11.8. The number of likely N-dealkylation sites (tertiary alicyclic amines) is 1. The SMILES string of the molecule is CC(C)NC(=O)NCC1CC(=O)N(C)C1.